The summed E-state index contributed by atoms with van der Waals surface area (Å²) in [6, 6.07) is 3.71. The molecule has 0 spiro atoms. The molecule has 0 amide bonds. The van der Waals surface area contributed by atoms with Crippen molar-refractivity contribution in [3.05, 3.63) is 46.8 Å². The van der Waals surface area contributed by atoms with E-state index in [1.807, 2.05) is 6.07 Å². The highest BCUT2D eigenvalue weighted by Crippen LogP contribution is 2.90. The molecule has 2 bridgehead atoms. The third-order valence-corrected chi connectivity index (χ3v) is 5.29. The summed E-state index contributed by atoms with van der Waals surface area (Å²) >= 11 is 11.8. The Morgan fingerprint density at radius 1 is 1.40 bits per heavy atom. The molecule has 4 aliphatic carbocycles. The molecule has 0 aliphatic heterocycles. The molecule has 6 heteroatoms. The van der Waals surface area contributed by atoms with Gasteiger partial charge in [-0.05, 0) is 29.5 Å². The molecule has 20 heavy (non-hydrogen) atoms. The first kappa shape index (κ1) is 11.3. The van der Waals surface area contributed by atoms with E-state index in [0.717, 1.165) is 11.5 Å². The first-order valence-corrected chi connectivity index (χ1v) is 7.40. The van der Waals surface area contributed by atoms with Crippen molar-refractivity contribution in [1.29, 1.82) is 0 Å². The minimum atomic E-state index is 0.0765. The zero-order valence-corrected chi connectivity index (χ0v) is 11.8. The summed E-state index contributed by atoms with van der Waals surface area (Å²) in [6.07, 6.45) is 4.04. The molecule has 0 radical (unpaired) electrons. The van der Waals surface area contributed by atoms with Crippen LogP contribution in [0.4, 0.5) is 0 Å². The van der Waals surface area contributed by atoms with Crippen LogP contribution < -0.4 is 0 Å². The van der Waals surface area contributed by atoms with E-state index in [9.17, 15) is 0 Å². The molecule has 2 aromatic heterocycles. The third kappa shape index (κ3) is 1.14. The van der Waals surface area contributed by atoms with Crippen molar-refractivity contribution in [2.24, 2.45) is 17.8 Å². The van der Waals surface area contributed by atoms with Gasteiger partial charge in [-0.2, -0.15) is 4.98 Å². The van der Waals surface area contributed by atoms with E-state index in [-0.39, 0.29) is 11.3 Å². The number of aromatic nitrogens is 3. The normalized spacial score (nSPS) is 35.7. The molecule has 0 N–H and O–H groups in total. The number of rotatable bonds is 3. The average Bonchev–Trinajstić information content (AvgIpc) is 3.03. The summed E-state index contributed by atoms with van der Waals surface area (Å²) < 4.78 is 5.14. The van der Waals surface area contributed by atoms with Crippen LogP contribution in [0.15, 0.2) is 28.9 Å². The van der Waals surface area contributed by atoms with Crippen LogP contribution in [0, 0.1) is 17.8 Å². The van der Waals surface area contributed by atoms with Crippen LogP contribution in [0.5, 0.6) is 0 Å². The topological polar surface area (TPSA) is 51.8 Å². The molecule has 2 aromatic rings. The zero-order valence-electron chi connectivity index (χ0n) is 10.3. The van der Waals surface area contributed by atoms with Crippen molar-refractivity contribution in [2.75, 3.05) is 0 Å². The minimum absolute atomic E-state index is 0.0765. The largest absolute Gasteiger partial charge is 0.338 e. The van der Waals surface area contributed by atoms with Gasteiger partial charge in [0.1, 0.15) is 5.88 Å². The molecule has 4 nitrogen and oxygen atoms in total. The standard InChI is InChI=1S/C14H9Cl2N3O/c15-5-10-18-13(19-20-10)14-8-4-7(11(14)12(8)14)9-3-6(16)1-2-17-9/h1-4,8,11-12H,5H2/t8-,11?,12-,14+/m0/s1. The molecule has 1 unspecified atom stereocenters. The lowest BCUT2D eigenvalue weighted by Crippen LogP contribution is -2.08. The molecule has 4 atom stereocenters. The Morgan fingerprint density at radius 3 is 3.00 bits per heavy atom. The van der Waals surface area contributed by atoms with E-state index < -0.39 is 0 Å². The molecule has 6 rings (SSSR count). The number of hydrogen-bond donors (Lipinski definition) is 0. The second kappa shape index (κ2) is 3.43. The van der Waals surface area contributed by atoms with E-state index in [1.165, 1.54) is 5.57 Å². The molecule has 100 valence electrons. The van der Waals surface area contributed by atoms with Gasteiger partial charge in [0.25, 0.3) is 0 Å². The second-order valence-electron chi connectivity index (χ2n) is 5.59. The summed E-state index contributed by atoms with van der Waals surface area (Å²) in [4.78, 5) is 8.82. The van der Waals surface area contributed by atoms with Crippen LogP contribution >= 0.6 is 23.2 Å². The number of pyridine rings is 1. The van der Waals surface area contributed by atoms with Gasteiger partial charge in [0.05, 0.1) is 11.1 Å². The van der Waals surface area contributed by atoms with Gasteiger partial charge in [-0.1, -0.05) is 22.8 Å². The summed E-state index contributed by atoms with van der Waals surface area (Å²) in [5.41, 5.74) is 2.32. The van der Waals surface area contributed by atoms with E-state index in [0.29, 0.717) is 28.7 Å². The Balaban J connectivity index is 1.49. The van der Waals surface area contributed by atoms with Gasteiger partial charge in [0, 0.05) is 17.1 Å². The maximum absolute atomic E-state index is 6.04. The summed E-state index contributed by atoms with van der Waals surface area (Å²) in [6.45, 7) is 0. The van der Waals surface area contributed by atoms with Crippen LogP contribution in [-0.4, -0.2) is 15.1 Å². The van der Waals surface area contributed by atoms with Crippen LogP contribution in [0.1, 0.15) is 17.4 Å². The quantitative estimate of drug-likeness (QED) is 0.818. The van der Waals surface area contributed by atoms with Gasteiger partial charge in [-0.15, -0.1) is 11.6 Å². The van der Waals surface area contributed by atoms with Crippen LogP contribution in [0.25, 0.3) is 5.57 Å². The SMILES string of the molecule is ClCc1nc([C@@]23C4C(c5cc(Cl)ccn5)=C[C@H]2[C@@H]43)no1. The fraction of sp³-hybridized carbons (Fsp3) is 0.357. The first-order valence-electron chi connectivity index (χ1n) is 6.49. The Hall–Kier alpha value is -1.39. The lowest BCUT2D eigenvalue weighted by atomic mass is 9.99. The van der Waals surface area contributed by atoms with E-state index in [2.05, 4.69) is 21.2 Å². The molecule has 0 aromatic carbocycles. The van der Waals surface area contributed by atoms with Gasteiger partial charge in [-0.25, -0.2) is 0 Å². The Bertz CT molecular complexity index is 771. The highest BCUT2D eigenvalue weighted by molar-refractivity contribution is 6.30. The monoisotopic (exact) mass is 305 g/mol. The minimum Gasteiger partial charge on any atom is -0.338 e. The predicted molar refractivity (Wildman–Crippen MR) is 73.2 cm³/mol. The van der Waals surface area contributed by atoms with Crippen molar-refractivity contribution in [3.63, 3.8) is 0 Å². The smallest absolute Gasteiger partial charge is 0.241 e. The number of nitrogens with zero attached hydrogens (tertiary/aromatic N) is 3. The lowest BCUT2D eigenvalue weighted by molar-refractivity contribution is 0.380. The van der Waals surface area contributed by atoms with E-state index >= 15 is 0 Å². The van der Waals surface area contributed by atoms with Gasteiger partial charge in [0.15, 0.2) is 5.82 Å². The Kier molecular flexibility index (Phi) is 1.94. The number of allylic oxidation sites excluding steroid dienone is 2. The fourth-order valence-corrected chi connectivity index (χ4v) is 4.18. The maximum atomic E-state index is 6.04. The molecule has 2 saturated carbocycles. The van der Waals surface area contributed by atoms with Crippen LogP contribution in [0.2, 0.25) is 5.02 Å². The molecular formula is C14H9Cl2N3O. The maximum Gasteiger partial charge on any atom is 0.241 e. The second-order valence-corrected chi connectivity index (χ2v) is 6.29. The Labute approximate surface area is 124 Å². The molecular weight excluding hydrogens is 297 g/mol. The van der Waals surface area contributed by atoms with Gasteiger partial charge in [0.2, 0.25) is 5.89 Å². The van der Waals surface area contributed by atoms with E-state index in [4.69, 9.17) is 27.7 Å². The van der Waals surface area contributed by atoms with E-state index in [1.54, 1.807) is 12.3 Å². The van der Waals surface area contributed by atoms with Crippen molar-refractivity contribution < 1.29 is 4.52 Å². The van der Waals surface area contributed by atoms with Crippen molar-refractivity contribution in [2.45, 2.75) is 11.3 Å². The first-order chi connectivity index (χ1) is 9.76. The molecule has 2 fully saturated rings. The van der Waals surface area contributed by atoms with Crippen molar-refractivity contribution in [1.82, 2.24) is 15.1 Å². The highest BCUT2D eigenvalue weighted by Gasteiger charge is 2.92. The molecule has 4 aliphatic rings. The number of alkyl halides is 1. The fourth-order valence-electron chi connectivity index (χ4n) is 3.91. The zero-order chi connectivity index (χ0) is 13.5. The van der Waals surface area contributed by atoms with Crippen LogP contribution in [-0.2, 0) is 11.3 Å². The van der Waals surface area contributed by atoms with Crippen molar-refractivity contribution in [3.8, 4) is 0 Å². The van der Waals surface area contributed by atoms with Gasteiger partial charge < -0.3 is 4.52 Å². The van der Waals surface area contributed by atoms with Gasteiger partial charge in [-0.3, -0.25) is 4.98 Å². The Morgan fingerprint density at radius 2 is 2.30 bits per heavy atom. The van der Waals surface area contributed by atoms with Crippen molar-refractivity contribution >= 4 is 28.8 Å². The average molecular weight is 306 g/mol. The molecule has 2 heterocycles. The predicted octanol–water partition coefficient (Wildman–Crippen LogP) is 3.07. The third-order valence-electron chi connectivity index (χ3n) is 4.83. The van der Waals surface area contributed by atoms with Gasteiger partial charge >= 0.3 is 0 Å². The summed E-state index contributed by atoms with van der Waals surface area (Å²) in [7, 11) is 0. The molecule has 0 saturated heterocycles. The van der Waals surface area contributed by atoms with Crippen LogP contribution in [0.3, 0.4) is 0 Å². The summed E-state index contributed by atoms with van der Waals surface area (Å²) in [5, 5.41) is 4.81. The number of hydrogen-bond acceptors (Lipinski definition) is 4. The number of halogens is 2. The highest BCUT2D eigenvalue weighted by atomic mass is 35.5. The lowest BCUT2D eigenvalue weighted by Gasteiger charge is -2.07. The summed E-state index contributed by atoms with van der Waals surface area (Å²) in [5.74, 6) is 3.19.